The molecule has 2 aliphatic rings. The highest BCUT2D eigenvalue weighted by Gasteiger charge is 2.28. The first kappa shape index (κ1) is 19.9. The molecule has 3 N–H and O–H groups in total. The van der Waals surface area contributed by atoms with Crippen molar-refractivity contribution >= 4 is 28.8 Å². The third-order valence-corrected chi connectivity index (χ3v) is 5.54. The van der Waals surface area contributed by atoms with Gasteiger partial charge in [0.1, 0.15) is 17.5 Å². The van der Waals surface area contributed by atoms with Gasteiger partial charge in [0.2, 0.25) is 11.9 Å². The fourth-order valence-electron chi connectivity index (χ4n) is 3.93. The number of nitrogens with one attached hydrogen (secondary N) is 3. The molecule has 1 saturated heterocycles. The van der Waals surface area contributed by atoms with Crippen LogP contribution in [0.2, 0.25) is 0 Å². The normalized spacial score (nSPS) is 17.7. The van der Waals surface area contributed by atoms with E-state index in [-0.39, 0.29) is 17.8 Å². The summed E-state index contributed by atoms with van der Waals surface area (Å²) in [5, 5.41) is 19.4. The molecular formula is C22H25N7O. The molecule has 30 heavy (non-hydrogen) atoms. The molecule has 8 heteroatoms. The molecule has 1 aromatic carbocycles. The zero-order valence-electron chi connectivity index (χ0n) is 17.2. The number of hydrogen-bond donors (Lipinski definition) is 3. The second-order valence-corrected chi connectivity index (χ2v) is 7.46. The van der Waals surface area contributed by atoms with Gasteiger partial charge >= 0.3 is 0 Å². The number of piperidine rings is 1. The summed E-state index contributed by atoms with van der Waals surface area (Å²) in [6, 6.07) is 10.2. The van der Waals surface area contributed by atoms with Crippen molar-refractivity contribution in [1.82, 2.24) is 15.3 Å². The molecule has 0 unspecified atom stereocenters. The molecule has 8 nitrogen and oxygen atoms in total. The lowest BCUT2D eigenvalue weighted by Crippen LogP contribution is -2.35. The topological polar surface area (TPSA) is 106 Å². The Balaban J connectivity index is 1.67. The van der Waals surface area contributed by atoms with Gasteiger partial charge in [0.15, 0.2) is 0 Å². The number of amides is 1. The van der Waals surface area contributed by atoms with Gasteiger partial charge in [-0.3, -0.25) is 10.1 Å². The van der Waals surface area contributed by atoms with E-state index in [0.29, 0.717) is 23.6 Å². The van der Waals surface area contributed by atoms with E-state index in [4.69, 9.17) is 0 Å². The number of aryl methyl sites for hydroxylation is 1. The van der Waals surface area contributed by atoms with E-state index in [0.717, 1.165) is 42.9 Å². The van der Waals surface area contributed by atoms with Crippen LogP contribution < -0.4 is 20.9 Å². The number of nitriles is 1. The minimum absolute atomic E-state index is 0.0463. The van der Waals surface area contributed by atoms with Crippen molar-refractivity contribution in [1.29, 1.82) is 5.26 Å². The van der Waals surface area contributed by atoms with Gasteiger partial charge < -0.3 is 15.5 Å². The van der Waals surface area contributed by atoms with Crippen molar-refractivity contribution in [3.8, 4) is 6.07 Å². The third-order valence-electron chi connectivity index (χ3n) is 5.54. The van der Waals surface area contributed by atoms with Crippen LogP contribution in [0.1, 0.15) is 31.0 Å². The van der Waals surface area contributed by atoms with Gasteiger partial charge in [-0.15, -0.1) is 0 Å². The second-order valence-electron chi connectivity index (χ2n) is 7.46. The molecular weight excluding hydrogens is 378 g/mol. The Morgan fingerprint density at radius 2 is 2.10 bits per heavy atom. The molecule has 154 valence electrons. The SMILES string of the molecule is CCN1C(=C(C#N)c2nc(NC(=O)C3CCNCC3)ncc2C)Nc2ccccc21. The number of carbonyl (C=O) groups excluding carboxylic acids is 1. The Hall–Kier alpha value is -3.44. The number of carbonyl (C=O) groups is 1. The fourth-order valence-corrected chi connectivity index (χ4v) is 3.93. The van der Waals surface area contributed by atoms with Gasteiger partial charge in [-0.1, -0.05) is 12.1 Å². The second kappa shape index (κ2) is 8.51. The number of anilines is 3. The summed E-state index contributed by atoms with van der Waals surface area (Å²) >= 11 is 0. The molecule has 3 heterocycles. The number of fused-ring (bicyclic) bond motifs is 1. The number of benzene rings is 1. The molecule has 0 atom stereocenters. The van der Waals surface area contributed by atoms with E-state index < -0.39 is 0 Å². The van der Waals surface area contributed by atoms with Crippen LogP contribution in [-0.4, -0.2) is 35.5 Å². The van der Waals surface area contributed by atoms with E-state index in [9.17, 15) is 10.1 Å². The van der Waals surface area contributed by atoms with Gasteiger partial charge in [0.25, 0.3) is 0 Å². The molecule has 1 amide bonds. The summed E-state index contributed by atoms with van der Waals surface area (Å²) in [6.07, 6.45) is 3.24. The molecule has 0 bridgehead atoms. The lowest BCUT2D eigenvalue weighted by Gasteiger charge is -2.21. The molecule has 2 aliphatic heterocycles. The Bertz CT molecular complexity index is 1030. The number of hydrogen-bond acceptors (Lipinski definition) is 7. The lowest BCUT2D eigenvalue weighted by molar-refractivity contribution is -0.120. The molecule has 1 aromatic heterocycles. The van der Waals surface area contributed by atoms with Crippen molar-refractivity contribution in [2.75, 3.05) is 35.2 Å². The standard InChI is InChI=1S/C22H25N7O/c1-3-29-18-7-5-4-6-17(18)26-20(29)16(12-23)19-14(2)13-25-22(27-19)28-21(30)15-8-10-24-11-9-15/h4-7,13,15,24,26H,3,8-11H2,1-2H3,(H,25,27,28,30). The lowest BCUT2D eigenvalue weighted by atomic mass is 9.97. The average molecular weight is 403 g/mol. The van der Waals surface area contributed by atoms with Crippen molar-refractivity contribution in [3.63, 3.8) is 0 Å². The highest BCUT2D eigenvalue weighted by Crippen LogP contribution is 2.38. The van der Waals surface area contributed by atoms with Gasteiger partial charge in [0, 0.05) is 18.7 Å². The molecule has 0 saturated carbocycles. The Morgan fingerprint density at radius 3 is 2.83 bits per heavy atom. The highest BCUT2D eigenvalue weighted by atomic mass is 16.2. The van der Waals surface area contributed by atoms with Crippen LogP contribution in [0.15, 0.2) is 36.3 Å². The van der Waals surface area contributed by atoms with Gasteiger partial charge in [0.05, 0.1) is 17.1 Å². The summed E-state index contributed by atoms with van der Waals surface area (Å²) in [5.41, 5.74) is 3.68. The van der Waals surface area contributed by atoms with E-state index >= 15 is 0 Å². The Labute approximate surface area is 176 Å². The predicted octanol–water partition coefficient (Wildman–Crippen LogP) is 2.87. The van der Waals surface area contributed by atoms with E-state index in [2.05, 4.69) is 36.9 Å². The number of para-hydroxylation sites is 2. The molecule has 0 spiro atoms. The first-order valence-electron chi connectivity index (χ1n) is 10.3. The first-order valence-corrected chi connectivity index (χ1v) is 10.3. The predicted molar refractivity (Wildman–Crippen MR) is 117 cm³/mol. The number of aromatic nitrogens is 2. The zero-order chi connectivity index (χ0) is 21.1. The Morgan fingerprint density at radius 1 is 1.33 bits per heavy atom. The van der Waals surface area contributed by atoms with Crippen LogP contribution in [0.5, 0.6) is 0 Å². The van der Waals surface area contributed by atoms with Gasteiger partial charge in [-0.2, -0.15) is 5.26 Å². The third kappa shape index (κ3) is 3.72. The summed E-state index contributed by atoms with van der Waals surface area (Å²) in [7, 11) is 0. The molecule has 0 aliphatic carbocycles. The smallest absolute Gasteiger partial charge is 0.229 e. The van der Waals surface area contributed by atoms with Crippen molar-refractivity contribution in [2.24, 2.45) is 5.92 Å². The van der Waals surface area contributed by atoms with E-state index in [1.54, 1.807) is 6.20 Å². The Kier molecular flexibility index (Phi) is 5.63. The minimum atomic E-state index is -0.0703. The van der Waals surface area contributed by atoms with E-state index in [1.807, 2.05) is 38.1 Å². The van der Waals surface area contributed by atoms with Crippen LogP contribution >= 0.6 is 0 Å². The number of rotatable bonds is 4. The van der Waals surface area contributed by atoms with E-state index in [1.165, 1.54) is 0 Å². The largest absolute Gasteiger partial charge is 0.339 e. The van der Waals surface area contributed by atoms with Crippen LogP contribution in [0.3, 0.4) is 0 Å². The maximum absolute atomic E-state index is 12.6. The highest BCUT2D eigenvalue weighted by molar-refractivity contribution is 5.93. The maximum atomic E-state index is 12.6. The molecule has 2 aromatic rings. The van der Waals surface area contributed by atoms with Crippen molar-refractivity contribution in [3.05, 3.63) is 47.5 Å². The summed E-state index contributed by atoms with van der Waals surface area (Å²) in [4.78, 5) is 23.5. The van der Waals surface area contributed by atoms with Crippen LogP contribution in [0.4, 0.5) is 17.3 Å². The molecule has 4 rings (SSSR count). The van der Waals surface area contributed by atoms with Crippen LogP contribution in [-0.2, 0) is 4.79 Å². The summed E-state index contributed by atoms with van der Waals surface area (Å²) in [5.74, 6) is 0.804. The van der Waals surface area contributed by atoms with Crippen LogP contribution in [0, 0.1) is 24.2 Å². The number of nitrogens with zero attached hydrogens (tertiary/aromatic N) is 4. The van der Waals surface area contributed by atoms with Crippen molar-refractivity contribution in [2.45, 2.75) is 26.7 Å². The summed E-state index contributed by atoms with van der Waals surface area (Å²) in [6.45, 7) is 6.28. The van der Waals surface area contributed by atoms with Gasteiger partial charge in [-0.05, 0) is 57.5 Å². The molecule has 0 radical (unpaired) electrons. The minimum Gasteiger partial charge on any atom is -0.339 e. The molecule has 1 fully saturated rings. The monoisotopic (exact) mass is 403 g/mol. The number of allylic oxidation sites excluding steroid dienone is 1. The summed E-state index contributed by atoms with van der Waals surface area (Å²) < 4.78 is 0. The van der Waals surface area contributed by atoms with Crippen LogP contribution in [0.25, 0.3) is 5.57 Å². The fraction of sp³-hybridized carbons (Fsp3) is 0.364. The quantitative estimate of drug-likeness (QED) is 0.674. The van der Waals surface area contributed by atoms with Crippen molar-refractivity contribution < 1.29 is 4.79 Å². The first-order chi connectivity index (χ1) is 14.6. The zero-order valence-corrected chi connectivity index (χ0v) is 17.2. The average Bonchev–Trinajstić information content (AvgIpc) is 3.15. The van der Waals surface area contributed by atoms with Gasteiger partial charge in [-0.25, -0.2) is 9.97 Å². The maximum Gasteiger partial charge on any atom is 0.229 e.